The minimum Gasteiger partial charge on any atom is -0.376 e. The average molecular weight is 451 g/mol. The second-order valence-corrected chi connectivity index (χ2v) is 8.89. The van der Waals surface area contributed by atoms with E-state index in [1.165, 1.54) is 31.2 Å². The highest BCUT2D eigenvalue weighted by Gasteiger charge is 2.54. The normalized spacial score (nSPS) is 28.9. The average Bonchev–Trinajstić information content (AvgIpc) is 3.53. The van der Waals surface area contributed by atoms with E-state index in [0.717, 1.165) is 19.3 Å². The number of nitrogens with zero attached hydrogens (tertiary/aromatic N) is 2. The number of hydrogen-bond donors (Lipinski definition) is 4. The molecule has 1 aliphatic carbocycles. The van der Waals surface area contributed by atoms with Crippen molar-refractivity contribution in [3.05, 3.63) is 29.8 Å². The van der Waals surface area contributed by atoms with Crippen molar-refractivity contribution in [2.24, 2.45) is 11.8 Å². The van der Waals surface area contributed by atoms with Crippen molar-refractivity contribution in [3.8, 4) is 6.07 Å². The number of benzene rings is 1. The third kappa shape index (κ3) is 4.05. The number of nitriles is 1. The van der Waals surface area contributed by atoms with Gasteiger partial charge in [0.05, 0.1) is 18.4 Å². The van der Waals surface area contributed by atoms with E-state index in [4.69, 9.17) is 0 Å². The van der Waals surface area contributed by atoms with E-state index >= 15 is 0 Å². The highest BCUT2D eigenvalue weighted by atomic mass is 19.4. The molecule has 0 spiro atoms. The van der Waals surface area contributed by atoms with Crippen LogP contribution in [-0.4, -0.2) is 47.0 Å². The quantitative estimate of drug-likeness (QED) is 0.509. The summed E-state index contributed by atoms with van der Waals surface area (Å²) in [5.41, 5.74) is 0.783. The molecule has 5 atom stereocenters. The Balaban J connectivity index is 1.54. The molecule has 1 aromatic rings. The summed E-state index contributed by atoms with van der Waals surface area (Å²) >= 11 is 0. The first-order chi connectivity index (χ1) is 15.2. The van der Waals surface area contributed by atoms with Gasteiger partial charge in [0.15, 0.2) is 5.60 Å². The summed E-state index contributed by atoms with van der Waals surface area (Å²) in [6, 6.07) is 7.70. The predicted molar refractivity (Wildman–Crippen MR) is 111 cm³/mol. The van der Waals surface area contributed by atoms with Crippen LogP contribution in [0.3, 0.4) is 0 Å². The Morgan fingerprint density at radius 2 is 1.97 bits per heavy atom. The molecule has 3 aliphatic rings. The van der Waals surface area contributed by atoms with Gasteiger partial charge in [-0.15, -0.1) is 0 Å². The molecule has 1 amide bonds. The molecule has 2 aliphatic heterocycles. The smallest absolute Gasteiger partial charge is 0.376 e. The number of carbonyl (C=O) groups is 1. The van der Waals surface area contributed by atoms with Gasteiger partial charge in [0.2, 0.25) is 5.91 Å². The second-order valence-electron chi connectivity index (χ2n) is 8.89. The van der Waals surface area contributed by atoms with Crippen molar-refractivity contribution in [1.82, 2.24) is 15.8 Å². The topological polar surface area (TPSA) is 100 Å². The zero-order valence-corrected chi connectivity index (χ0v) is 17.8. The van der Waals surface area contributed by atoms with Crippen molar-refractivity contribution in [2.75, 3.05) is 11.9 Å². The number of alkyl halides is 3. The number of aliphatic hydroxyl groups is 1. The molecule has 1 aromatic carbocycles. The molecule has 4 unspecified atom stereocenters. The van der Waals surface area contributed by atoms with Gasteiger partial charge in [-0.25, -0.2) is 10.4 Å². The molecule has 0 aromatic heterocycles. The third-order valence-electron chi connectivity index (χ3n) is 6.95. The van der Waals surface area contributed by atoms with E-state index in [1.54, 1.807) is 0 Å². The van der Waals surface area contributed by atoms with Gasteiger partial charge in [-0.05, 0) is 49.3 Å². The van der Waals surface area contributed by atoms with Crippen LogP contribution in [-0.2, 0) is 10.4 Å². The van der Waals surface area contributed by atoms with Gasteiger partial charge in [0.25, 0.3) is 0 Å². The van der Waals surface area contributed by atoms with Crippen LogP contribution in [0.25, 0.3) is 0 Å². The Morgan fingerprint density at radius 3 is 2.53 bits per heavy atom. The van der Waals surface area contributed by atoms with E-state index in [-0.39, 0.29) is 23.6 Å². The molecule has 10 heteroatoms. The van der Waals surface area contributed by atoms with E-state index in [2.05, 4.69) is 27.1 Å². The molecule has 2 heterocycles. The fourth-order valence-electron chi connectivity index (χ4n) is 4.96. The lowest BCUT2D eigenvalue weighted by atomic mass is 9.89. The summed E-state index contributed by atoms with van der Waals surface area (Å²) in [6.07, 6.45) is -2.48. The molecule has 1 saturated carbocycles. The molecule has 2 saturated heterocycles. The van der Waals surface area contributed by atoms with Gasteiger partial charge >= 0.3 is 6.18 Å². The lowest BCUT2D eigenvalue weighted by Gasteiger charge is -2.34. The number of amides is 1. The number of fused-ring (bicyclic) bond motifs is 1. The molecule has 0 bridgehead atoms. The van der Waals surface area contributed by atoms with E-state index in [1.807, 2.05) is 0 Å². The van der Waals surface area contributed by atoms with Gasteiger partial charge in [0, 0.05) is 24.3 Å². The van der Waals surface area contributed by atoms with Crippen molar-refractivity contribution in [3.63, 3.8) is 0 Å². The number of hydrazine groups is 1. The number of anilines is 1. The Kier molecular flexibility index (Phi) is 6.09. The molecular weight excluding hydrogens is 423 g/mol. The molecular formula is C22H28F3N5O2. The number of rotatable bonds is 7. The fraction of sp³-hybridized carbons (Fsp3) is 0.636. The van der Waals surface area contributed by atoms with Crippen molar-refractivity contribution in [2.45, 2.75) is 69.1 Å². The number of carbonyl (C=O) groups excluding carboxylic acids is 1. The van der Waals surface area contributed by atoms with Crippen LogP contribution in [0.2, 0.25) is 0 Å². The van der Waals surface area contributed by atoms with Crippen molar-refractivity contribution >= 4 is 11.6 Å². The van der Waals surface area contributed by atoms with E-state index < -0.39 is 30.3 Å². The molecule has 7 nitrogen and oxygen atoms in total. The van der Waals surface area contributed by atoms with E-state index in [0.29, 0.717) is 24.6 Å². The summed E-state index contributed by atoms with van der Waals surface area (Å²) in [5.74, 6) is -0.0552. The first-order valence-electron chi connectivity index (χ1n) is 11.0. The maximum absolute atomic E-state index is 13.4. The molecule has 0 radical (unpaired) electrons. The van der Waals surface area contributed by atoms with Crippen LogP contribution in [0.15, 0.2) is 24.3 Å². The first-order valence-corrected chi connectivity index (χ1v) is 11.0. The van der Waals surface area contributed by atoms with Crippen LogP contribution in [0.5, 0.6) is 0 Å². The maximum Gasteiger partial charge on any atom is 0.421 e. The largest absolute Gasteiger partial charge is 0.421 e. The summed E-state index contributed by atoms with van der Waals surface area (Å²) in [5, 5.41) is 27.6. The molecule has 4 rings (SSSR count). The predicted octanol–water partition coefficient (Wildman–Crippen LogP) is 2.60. The summed E-state index contributed by atoms with van der Waals surface area (Å²) in [6.45, 7) is 1.85. The Hall–Kier alpha value is -2.35. The van der Waals surface area contributed by atoms with Gasteiger partial charge < -0.3 is 15.7 Å². The number of nitrogens with one attached hydrogen (secondary N) is 3. The van der Waals surface area contributed by atoms with Gasteiger partial charge in [-0.2, -0.15) is 18.4 Å². The van der Waals surface area contributed by atoms with Gasteiger partial charge in [-0.1, -0.05) is 19.1 Å². The minimum absolute atomic E-state index is 0.0268. The summed E-state index contributed by atoms with van der Waals surface area (Å²) in [7, 11) is 0. The van der Waals surface area contributed by atoms with Crippen LogP contribution in [0.4, 0.5) is 18.9 Å². The Morgan fingerprint density at radius 1 is 1.28 bits per heavy atom. The standard InChI is InChI=1S/C22H28F3N5O2/c1-2-21(32,22(23,24)25)14-5-7-15(8-6-14)28-19-18-17(10-12-27-20(18)31)30(29-19)16(9-11-26)13-3-4-13/h5-8,13,16-19,28-29,32H,2-4,9-10,12H2,1H3,(H,27,31)/t16-,17?,18?,19?,21?/m0/s1. The van der Waals surface area contributed by atoms with Crippen molar-refractivity contribution in [1.29, 1.82) is 5.26 Å². The lowest BCUT2D eigenvalue weighted by molar-refractivity contribution is -0.267. The fourth-order valence-corrected chi connectivity index (χ4v) is 4.96. The van der Waals surface area contributed by atoms with Gasteiger partial charge in [-0.3, -0.25) is 4.79 Å². The summed E-state index contributed by atoms with van der Waals surface area (Å²) in [4.78, 5) is 12.7. The van der Waals surface area contributed by atoms with Crippen molar-refractivity contribution < 1.29 is 23.1 Å². The molecule has 174 valence electrons. The lowest BCUT2D eigenvalue weighted by Crippen LogP contribution is -2.52. The van der Waals surface area contributed by atoms with Crippen LogP contribution >= 0.6 is 0 Å². The van der Waals surface area contributed by atoms with E-state index in [9.17, 15) is 28.3 Å². The molecule has 4 N–H and O–H groups in total. The Labute approximate surface area is 184 Å². The number of halogens is 3. The van der Waals surface area contributed by atoms with Crippen LogP contribution in [0, 0.1) is 23.2 Å². The number of piperidine rings is 1. The SMILES string of the molecule is CCC(O)(c1ccc(NC2NN([C@@H](CC#N)C3CC3)C3CCNC(=O)C23)cc1)C(F)(F)F. The highest BCUT2D eigenvalue weighted by molar-refractivity contribution is 5.82. The minimum atomic E-state index is -4.78. The molecule has 32 heavy (non-hydrogen) atoms. The maximum atomic E-state index is 13.4. The summed E-state index contributed by atoms with van der Waals surface area (Å²) < 4.78 is 40.1. The zero-order chi connectivity index (χ0) is 23.1. The third-order valence-corrected chi connectivity index (χ3v) is 6.95. The van der Waals surface area contributed by atoms with Crippen LogP contribution in [0.1, 0.15) is 44.6 Å². The highest BCUT2D eigenvalue weighted by Crippen LogP contribution is 2.43. The number of hydrogen-bond acceptors (Lipinski definition) is 6. The Bertz CT molecular complexity index is 883. The van der Waals surface area contributed by atoms with Crippen LogP contribution < -0.4 is 16.1 Å². The first kappa shape index (κ1) is 22.8. The zero-order valence-electron chi connectivity index (χ0n) is 17.8. The molecule has 3 fully saturated rings. The van der Waals surface area contributed by atoms with Gasteiger partial charge in [0.1, 0.15) is 6.17 Å². The monoisotopic (exact) mass is 451 g/mol. The second kappa shape index (κ2) is 8.54.